The molecular formula is C7H13NO3. The van der Waals surface area contributed by atoms with E-state index in [9.17, 15) is 9.59 Å². The molecule has 0 atom stereocenters. The van der Waals surface area contributed by atoms with Crippen molar-refractivity contribution in [3.05, 3.63) is 0 Å². The Balaban J connectivity index is 3.94. The van der Waals surface area contributed by atoms with Crippen LogP contribution in [0.15, 0.2) is 0 Å². The summed E-state index contributed by atoms with van der Waals surface area (Å²) in [5, 5.41) is 8.37. The molecule has 0 unspecified atom stereocenters. The quantitative estimate of drug-likeness (QED) is 0.643. The number of nitrogens with zero attached hydrogens (tertiary/aromatic N) is 1. The molecule has 0 aromatic heterocycles. The Bertz CT molecular complexity index is 156. The van der Waals surface area contributed by atoms with Crippen molar-refractivity contribution in [2.75, 3.05) is 13.1 Å². The average Bonchev–Trinajstić information content (AvgIpc) is 1.98. The van der Waals surface area contributed by atoms with Crippen LogP contribution >= 0.6 is 0 Å². The van der Waals surface area contributed by atoms with Gasteiger partial charge >= 0.3 is 5.97 Å². The van der Waals surface area contributed by atoms with E-state index in [2.05, 4.69) is 0 Å². The van der Waals surface area contributed by atoms with Crippen molar-refractivity contribution in [3.63, 3.8) is 0 Å². The summed E-state index contributed by atoms with van der Waals surface area (Å²) in [6.45, 7) is 3.74. The molecular weight excluding hydrogens is 146 g/mol. The zero-order valence-electron chi connectivity index (χ0n) is 6.83. The Kier molecular flexibility index (Phi) is 4.26. The Morgan fingerprint density at radius 3 is 2.18 bits per heavy atom. The van der Waals surface area contributed by atoms with E-state index in [0.717, 1.165) is 0 Å². The van der Waals surface area contributed by atoms with Gasteiger partial charge in [-0.1, -0.05) is 6.92 Å². The van der Waals surface area contributed by atoms with Gasteiger partial charge in [-0.15, -0.1) is 0 Å². The van der Waals surface area contributed by atoms with Gasteiger partial charge in [-0.05, 0) is 6.92 Å². The number of carbonyl (C=O) groups excluding carboxylic acids is 1. The Morgan fingerprint density at radius 1 is 1.36 bits per heavy atom. The van der Waals surface area contributed by atoms with Gasteiger partial charge in [0.2, 0.25) is 5.91 Å². The summed E-state index contributed by atoms with van der Waals surface area (Å²) in [7, 11) is 0. The first-order valence-corrected chi connectivity index (χ1v) is 3.61. The molecule has 0 heterocycles. The first-order chi connectivity index (χ1) is 5.11. The van der Waals surface area contributed by atoms with Gasteiger partial charge < -0.3 is 10.0 Å². The SMILES string of the molecule is CCC(=O)N(CC)CC(=O)O. The summed E-state index contributed by atoms with van der Waals surface area (Å²) in [6, 6.07) is 0. The van der Waals surface area contributed by atoms with E-state index >= 15 is 0 Å². The van der Waals surface area contributed by atoms with Crippen molar-refractivity contribution in [1.82, 2.24) is 4.90 Å². The lowest BCUT2D eigenvalue weighted by Crippen LogP contribution is -2.34. The molecule has 1 N–H and O–H groups in total. The molecule has 0 fully saturated rings. The highest BCUT2D eigenvalue weighted by Crippen LogP contribution is 1.92. The lowest BCUT2D eigenvalue weighted by atomic mass is 10.4. The van der Waals surface area contributed by atoms with Gasteiger partial charge in [0.05, 0.1) is 0 Å². The normalized spacial score (nSPS) is 9.27. The number of carboxylic acids is 1. The smallest absolute Gasteiger partial charge is 0.323 e. The molecule has 11 heavy (non-hydrogen) atoms. The second kappa shape index (κ2) is 4.71. The van der Waals surface area contributed by atoms with Gasteiger partial charge in [-0.2, -0.15) is 0 Å². The first-order valence-electron chi connectivity index (χ1n) is 3.61. The van der Waals surface area contributed by atoms with E-state index in [4.69, 9.17) is 5.11 Å². The van der Waals surface area contributed by atoms with Crippen LogP contribution in [0.3, 0.4) is 0 Å². The fourth-order valence-corrected chi connectivity index (χ4v) is 0.763. The number of hydrogen-bond acceptors (Lipinski definition) is 2. The van der Waals surface area contributed by atoms with Gasteiger partial charge in [0, 0.05) is 13.0 Å². The van der Waals surface area contributed by atoms with Gasteiger partial charge in [0.1, 0.15) is 6.54 Å². The van der Waals surface area contributed by atoms with Crippen molar-refractivity contribution < 1.29 is 14.7 Å². The molecule has 4 nitrogen and oxygen atoms in total. The zero-order valence-corrected chi connectivity index (χ0v) is 6.83. The average molecular weight is 159 g/mol. The third-order valence-electron chi connectivity index (χ3n) is 1.36. The second-order valence-corrected chi connectivity index (χ2v) is 2.16. The molecule has 0 radical (unpaired) electrons. The van der Waals surface area contributed by atoms with Gasteiger partial charge in [-0.25, -0.2) is 0 Å². The molecule has 0 aliphatic carbocycles. The lowest BCUT2D eigenvalue weighted by Gasteiger charge is -2.16. The van der Waals surface area contributed by atoms with Crippen LogP contribution < -0.4 is 0 Å². The van der Waals surface area contributed by atoms with Crippen molar-refractivity contribution in [2.45, 2.75) is 20.3 Å². The number of likely N-dealkylation sites (N-methyl/N-ethyl adjacent to an activating group) is 1. The van der Waals surface area contributed by atoms with Crippen LogP contribution in [0.25, 0.3) is 0 Å². The fraction of sp³-hybridized carbons (Fsp3) is 0.714. The molecule has 0 aliphatic rings. The summed E-state index contributed by atoms with van der Waals surface area (Å²) in [6.07, 6.45) is 0.362. The minimum Gasteiger partial charge on any atom is -0.480 e. The second-order valence-electron chi connectivity index (χ2n) is 2.16. The molecule has 1 amide bonds. The van der Waals surface area contributed by atoms with Crippen molar-refractivity contribution in [2.24, 2.45) is 0 Å². The summed E-state index contributed by atoms with van der Waals surface area (Å²) < 4.78 is 0. The Hall–Kier alpha value is -1.06. The third kappa shape index (κ3) is 3.60. The van der Waals surface area contributed by atoms with E-state index in [1.54, 1.807) is 13.8 Å². The van der Waals surface area contributed by atoms with Gasteiger partial charge in [0.25, 0.3) is 0 Å². The molecule has 0 bridgehead atoms. The van der Waals surface area contributed by atoms with Crippen LogP contribution in [-0.2, 0) is 9.59 Å². The van der Waals surface area contributed by atoms with E-state index in [0.29, 0.717) is 13.0 Å². The van der Waals surface area contributed by atoms with E-state index < -0.39 is 5.97 Å². The topological polar surface area (TPSA) is 57.6 Å². The monoisotopic (exact) mass is 159 g/mol. The number of aliphatic carboxylic acids is 1. The maximum absolute atomic E-state index is 10.9. The third-order valence-corrected chi connectivity index (χ3v) is 1.36. The molecule has 0 aromatic carbocycles. The number of carboxylic acid groups (broad SMARTS) is 1. The largest absolute Gasteiger partial charge is 0.480 e. The first kappa shape index (κ1) is 9.94. The number of amides is 1. The highest BCUT2D eigenvalue weighted by atomic mass is 16.4. The van der Waals surface area contributed by atoms with Crippen LogP contribution in [-0.4, -0.2) is 35.0 Å². The molecule has 4 heteroatoms. The maximum Gasteiger partial charge on any atom is 0.323 e. The summed E-state index contributed by atoms with van der Waals surface area (Å²) in [5.41, 5.74) is 0. The van der Waals surface area contributed by atoms with Crippen LogP contribution in [0, 0.1) is 0 Å². The zero-order chi connectivity index (χ0) is 8.85. The highest BCUT2D eigenvalue weighted by molar-refractivity contribution is 5.80. The number of carbonyl (C=O) groups is 2. The maximum atomic E-state index is 10.9. The van der Waals surface area contributed by atoms with Crippen molar-refractivity contribution in [1.29, 1.82) is 0 Å². The van der Waals surface area contributed by atoms with Crippen LogP contribution in [0.5, 0.6) is 0 Å². The summed E-state index contributed by atoms with van der Waals surface area (Å²) in [5.74, 6) is -1.08. The fourth-order valence-electron chi connectivity index (χ4n) is 0.763. The lowest BCUT2D eigenvalue weighted by molar-refractivity contribution is -0.144. The minimum atomic E-state index is -0.964. The number of rotatable bonds is 4. The molecule has 0 rings (SSSR count). The molecule has 0 saturated heterocycles. The molecule has 0 spiro atoms. The summed E-state index contributed by atoms with van der Waals surface area (Å²) in [4.78, 5) is 22.4. The van der Waals surface area contributed by atoms with E-state index in [-0.39, 0.29) is 12.5 Å². The predicted octanol–water partition coefficient (Wildman–Crippen LogP) is 0.329. The van der Waals surface area contributed by atoms with Crippen LogP contribution in [0.4, 0.5) is 0 Å². The molecule has 0 saturated carbocycles. The van der Waals surface area contributed by atoms with Crippen LogP contribution in [0.1, 0.15) is 20.3 Å². The molecule has 64 valence electrons. The predicted molar refractivity (Wildman–Crippen MR) is 40.2 cm³/mol. The van der Waals surface area contributed by atoms with E-state index in [1.165, 1.54) is 4.90 Å². The summed E-state index contributed by atoms with van der Waals surface area (Å²) >= 11 is 0. The number of hydrogen-bond donors (Lipinski definition) is 1. The van der Waals surface area contributed by atoms with Crippen LogP contribution in [0.2, 0.25) is 0 Å². The highest BCUT2D eigenvalue weighted by Gasteiger charge is 2.11. The minimum absolute atomic E-state index is 0.116. The van der Waals surface area contributed by atoms with Crippen molar-refractivity contribution in [3.8, 4) is 0 Å². The Morgan fingerprint density at radius 2 is 1.91 bits per heavy atom. The Labute approximate surface area is 65.8 Å². The van der Waals surface area contributed by atoms with Gasteiger partial charge in [-0.3, -0.25) is 9.59 Å². The van der Waals surface area contributed by atoms with Gasteiger partial charge in [0.15, 0.2) is 0 Å². The van der Waals surface area contributed by atoms with Crippen molar-refractivity contribution >= 4 is 11.9 Å². The molecule has 0 aliphatic heterocycles. The molecule has 0 aromatic rings. The standard InChI is InChI=1S/C7H13NO3/c1-3-6(9)8(4-2)5-7(10)11/h3-5H2,1-2H3,(H,10,11). The van der Waals surface area contributed by atoms with E-state index in [1.807, 2.05) is 0 Å².